The average molecular weight is 317 g/mol. The van der Waals surface area contributed by atoms with Crippen LogP contribution in [0.3, 0.4) is 0 Å². The predicted molar refractivity (Wildman–Crippen MR) is 85.5 cm³/mol. The summed E-state index contributed by atoms with van der Waals surface area (Å²) in [5, 5.41) is 12.3. The summed E-state index contributed by atoms with van der Waals surface area (Å²) >= 11 is 6.16. The van der Waals surface area contributed by atoms with Gasteiger partial charge in [-0.1, -0.05) is 28.9 Å². The van der Waals surface area contributed by atoms with Gasteiger partial charge in [0, 0.05) is 36.6 Å². The van der Waals surface area contributed by atoms with Crippen LogP contribution >= 0.6 is 11.6 Å². The van der Waals surface area contributed by atoms with E-state index in [1.165, 1.54) is 0 Å². The first-order chi connectivity index (χ1) is 10.7. The molecule has 1 atom stereocenters. The molecule has 3 aromatic rings. The van der Waals surface area contributed by atoms with Gasteiger partial charge in [0.2, 0.25) is 0 Å². The van der Waals surface area contributed by atoms with Crippen molar-refractivity contribution in [2.45, 2.75) is 26.1 Å². The molecular formula is C16H17ClN4O. The lowest BCUT2D eigenvalue weighted by Crippen LogP contribution is -2.30. The summed E-state index contributed by atoms with van der Waals surface area (Å²) in [6.45, 7) is 3.55. The van der Waals surface area contributed by atoms with Gasteiger partial charge in [-0.2, -0.15) is 5.10 Å². The molecule has 22 heavy (non-hydrogen) atoms. The van der Waals surface area contributed by atoms with Crippen molar-refractivity contribution in [2.24, 2.45) is 0 Å². The van der Waals surface area contributed by atoms with Crippen LogP contribution in [0.4, 0.5) is 0 Å². The maximum atomic E-state index is 6.16. The Morgan fingerprint density at radius 1 is 1.32 bits per heavy atom. The van der Waals surface area contributed by atoms with Crippen LogP contribution in [-0.4, -0.2) is 21.0 Å². The summed E-state index contributed by atoms with van der Waals surface area (Å²) in [5.74, 6) is 0.683. The zero-order chi connectivity index (χ0) is 15.4. The first-order valence-electron chi connectivity index (χ1n) is 7.13. The van der Waals surface area contributed by atoms with Gasteiger partial charge in [-0.15, -0.1) is 0 Å². The molecule has 5 nitrogen and oxygen atoms in total. The fourth-order valence-corrected chi connectivity index (χ4v) is 2.44. The number of aromatic nitrogens is 3. The van der Waals surface area contributed by atoms with E-state index in [1.54, 1.807) is 6.20 Å². The maximum Gasteiger partial charge on any atom is 0.168 e. The van der Waals surface area contributed by atoms with Crippen LogP contribution in [0, 0.1) is 0 Å². The molecule has 0 radical (unpaired) electrons. The number of hydrogen-bond donors (Lipinski definition) is 1. The van der Waals surface area contributed by atoms with Gasteiger partial charge < -0.3 is 9.84 Å². The molecule has 0 amide bonds. The summed E-state index contributed by atoms with van der Waals surface area (Å²) in [6.07, 6.45) is 3.73. The van der Waals surface area contributed by atoms with Crippen LogP contribution in [-0.2, 0) is 13.1 Å². The second-order valence-electron chi connectivity index (χ2n) is 5.17. The Morgan fingerprint density at radius 3 is 2.95 bits per heavy atom. The molecule has 6 heteroatoms. The topological polar surface area (TPSA) is 55.9 Å². The molecule has 0 aliphatic heterocycles. The molecule has 0 unspecified atom stereocenters. The molecule has 0 aliphatic carbocycles. The lowest BCUT2D eigenvalue weighted by atomic mass is 10.1. The van der Waals surface area contributed by atoms with Gasteiger partial charge in [0.1, 0.15) is 0 Å². The third-order valence-corrected chi connectivity index (χ3v) is 3.68. The Bertz CT molecular complexity index is 723. The van der Waals surface area contributed by atoms with Crippen molar-refractivity contribution >= 4 is 11.6 Å². The third kappa shape index (κ3) is 3.55. The lowest BCUT2D eigenvalue weighted by Gasteiger charge is -2.12. The molecule has 0 fully saturated rings. The van der Waals surface area contributed by atoms with E-state index in [0.29, 0.717) is 17.3 Å². The van der Waals surface area contributed by atoms with Crippen LogP contribution in [0.25, 0.3) is 11.3 Å². The minimum absolute atomic E-state index is 0.278. The van der Waals surface area contributed by atoms with E-state index >= 15 is 0 Å². The standard InChI is InChI=1S/C16H17ClN4O/c1-12(11-21-8-4-7-19-21)18-10-13-9-16(22-20-13)14-5-2-3-6-15(14)17/h2-9,12,18H,10-11H2,1H3/t12-/m0/s1. The van der Waals surface area contributed by atoms with Crippen LogP contribution in [0.5, 0.6) is 0 Å². The molecule has 0 spiro atoms. The second-order valence-corrected chi connectivity index (χ2v) is 5.58. The zero-order valence-electron chi connectivity index (χ0n) is 12.2. The number of nitrogens with zero attached hydrogens (tertiary/aromatic N) is 3. The summed E-state index contributed by atoms with van der Waals surface area (Å²) < 4.78 is 7.28. The van der Waals surface area contributed by atoms with E-state index in [4.69, 9.17) is 16.1 Å². The highest BCUT2D eigenvalue weighted by Gasteiger charge is 2.10. The number of halogens is 1. The fourth-order valence-electron chi connectivity index (χ4n) is 2.22. The Balaban J connectivity index is 1.59. The van der Waals surface area contributed by atoms with E-state index in [0.717, 1.165) is 17.8 Å². The van der Waals surface area contributed by atoms with E-state index in [9.17, 15) is 0 Å². The summed E-state index contributed by atoms with van der Waals surface area (Å²) in [5.41, 5.74) is 1.70. The van der Waals surface area contributed by atoms with E-state index in [1.807, 2.05) is 47.3 Å². The molecule has 2 heterocycles. The van der Waals surface area contributed by atoms with Crippen molar-refractivity contribution in [2.75, 3.05) is 0 Å². The smallest absolute Gasteiger partial charge is 0.168 e. The number of rotatable bonds is 6. The molecular weight excluding hydrogens is 300 g/mol. The lowest BCUT2D eigenvalue weighted by molar-refractivity contribution is 0.407. The van der Waals surface area contributed by atoms with Crippen molar-refractivity contribution in [3.63, 3.8) is 0 Å². The molecule has 0 bridgehead atoms. The van der Waals surface area contributed by atoms with Crippen LogP contribution < -0.4 is 5.32 Å². The largest absolute Gasteiger partial charge is 0.356 e. The molecule has 2 aromatic heterocycles. The highest BCUT2D eigenvalue weighted by Crippen LogP contribution is 2.27. The van der Waals surface area contributed by atoms with Crippen LogP contribution in [0.1, 0.15) is 12.6 Å². The molecule has 114 valence electrons. The monoisotopic (exact) mass is 316 g/mol. The highest BCUT2D eigenvalue weighted by molar-refractivity contribution is 6.33. The van der Waals surface area contributed by atoms with Crippen molar-refractivity contribution in [1.29, 1.82) is 0 Å². The number of benzene rings is 1. The first kappa shape index (κ1) is 14.8. The Labute approximate surface area is 133 Å². The van der Waals surface area contributed by atoms with E-state index in [-0.39, 0.29) is 6.04 Å². The first-order valence-corrected chi connectivity index (χ1v) is 7.51. The Kier molecular flexibility index (Phi) is 4.56. The van der Waals surface area contributed by atoms with Crippen LogP contribution in [0.2, 0.25) is 5.02 Å². The summed E-state index contributed by atoms with van der Waals surface area (Å²) in [7, 11) is 0. The zero-order valence-corrected chi connectivity index (χ0v) is 13.0. The van der Waals surface area contributed by atoms with Gasteiger partial charge in [-0.25, -0.2) is 0 Å². The SMILES string of the molecule is C[C@@H](Cn1cccn1)NCc1cc(-c2ccccc2Cl)on1. The highest BCUT2D eigenvalue weighted by atomic mass is 35.5. The van der Waals surface area contributed by atoms with Gasteiger partial charge in [0.05, 0.1) is 17.3 Å². The summed E-state index contributed by atoms with van der Waals surface area (Å²) in [4.78, 5) is 0. The molecule has 3 rings (SSSR count). The molecule has 0 saturated heterocycles. The van der Waals surface area contributed by atoms with Crippen molar-refractivity contribution < 1.29 is 4.52 Å². The minimum Gasteiger partial charge on any atom is -0.356 e. The maximum absolute atomic E-state index is 6.16. The van der Waals surface area contributed by atoms with Gasteiger partial charge in [-0.3, -0.25) is 4.68 Å². The van der Waals surface area contributed by atoms with E-state index in [2.05, 4.69) is 22.5 Å². The Morgan fingerprint density at radius 2 is 2.18 bits per heavy atom. The molecule has 1 N–H and O–H groups in total. The van der Waals surface area contributed by atoms with E-state index < -0.39 is 0 Å². The van der Waals surface area contributed by atoms with Gasteiger partial charge >= 0.3 is 0 Å². The van der Waals surface area contributed by atoms with Gasteiger partial charge in [0.25, 0.3) is 0 Å². The van der Waals surface area contributed by atoms with Crippen molar-refractivity contribution in [1.82, 2.24) is 20.3 Å². The van der Waals surface area contributed by atoms with Crippen molar-refractivity contribution in [3.8, 4) is 11.3 Å². The van der Waals surface area contributed by atoms with Crippen LogP contribution in [0.15, 0.2) is 53.3 Å². The normalized spacial score (nSPS) is 12.5. The third-order valence-electron chi connectivity index (χ3n) is 3.35. The minimum atomic E-state index is 0.278. The second kappa shape index (κ2) is 6.77. The Hall–Kier alpha value is -2.11. The number of nitrogens with one attached hydrogen (secondary N) is 1. The molecule has 0 aliphatic rings. The quantitative estimate of drug-likeness (QED) is 0.757. The van der Waals surface area contributed by atoms with Gasteiger partial charge in [-0.05, 0) is 25.1 Å². The molecule has 1 aromatic carbocycles. The van der Waals surface area contributed by atoms with Crippen molar-refractivity contribution in [3.05, 3.63) is 59.5 Å². The number of hydrogen-bond acceptors (Lipinski definition) is 4. The molecule has 0 saturated carbocycles. The predicted octanol–water partition coefficient (Wildman–Crippen LogP) is 3.37. The van der Waals surface area contributed by atoms with Gasteiger partial charge in [0.15, 0.2) is 5.76 Å². The summed E-state index contributed by atoms with van der Waals surface area (Å²) in [6, 6.07) is 11.7. The fraction of sp³-hybridized carbons (Fsp3) is 0.250. The average Bonchev–Trinajstić information content (AvgIpc) is 3.17.